The van der Waals surface area contributed by atoms with Crippen LogP contribution in [0, 0.1) is 12.8 Å². The molecule has 1 aliphatic heterocycles. The molecule has 0 aromatic heterocycles. The van der Waals surface area contributed by atoms with Crippen molar-refractivity contribution in [2.75, 3.05) is 19.7 Å². The van der Waals surface area contributed by atoms with Crippen LogP contribution in [-0.2, 0) is 0 Å². The molecule has 0 spiro atoms. The molecule has 1 aromatic carbocycles. The largest absolute Gasteiger partial charge is 0.394 e. The third kappa shape index (κ3) is 3.19. The number of nitrogens with one attached hydrogen (secondary N) is 1. The molecule has 2 unspecified atom stereocenters. The fourth-order valence-corrected chi connectivity index (χ4v) is 2.54. The summed E-state index contributed by atoms with van der Waals surface area (Å²) < 4.78 is 0. The highest BCUT2D eigenvalue weighted by atomic mass is 16.3. The SMILES string of the molecule is Cc1ccc(C(=O)N2CC(C(C)C)NCC2CO)cc1. The van der Waals surface area contributed by atoms with Crippen LogP contribution >= 0.6 is 0 Å². The molecule has 1 aliphatic rings. The van der Waals surface area contributed by atoms with Crippen molar-refractivity contribution < 1.29 is 9.90 Å². The van der Waals surface area contributed by atoms with Gasteiger partial charge in [0.1, 0.15) is 0 Å². The zero-order valence-electron chi connectivity index (χ0n) is 12.5. The lowest BCUT2D eigenvalue weighted by Gasteiger charge is -2.41. The van der Waals surface area contributed by atoms with Gasteiger partial charge in [-0.15, -0.1) is 0 Å². The van der Waals surface area contributed by atoms with Crippen LogP contribution in [0.2, 0.25) is 0 Å². The van der Waals surface area contributed by atoms with E-state index in [-0.39, 0.29) is 24.6 Å². The van der Waals surface area contributed by atoms with Crippen LogP contribution in [0.1, 0.15) is 29.8 Å². The van der Waals surface area contributed by atoms with Gasteiger partial charge in [-0.3, -0.25) is 4.79 Å². The van der Waals surface area contributed by atoms with Crippen LogP contribution in [0.25, 0.3) is 0 Å². The number of amides is 1. The Hall–Kier alpha value is -1.39. The maximum absolute atomic E-state index is 12.6. The molecule has 2 N–H and O–H groups in total. The smallest absolute Gasteiger partial charge is 0.254 e. The number of piperazine rings is 1. The van der Waals surface area contributed by atoms with Gasteiger partial charge in [0.05, 0.1) is 12.6 Å². The van der Waals surface area contributed by atoms with Gasteiger partial charge in [0, 0.05) is 24.7 Å². The molecule has 110 valence electrons. The first-order valence-corrected chi connectivity index (χ1v) is 7.24. The summed E-state index contributed by atoms with van der Waals surface area (Å²) in [5.41, 5.74) is 1.83. The highest BCUT2D eigenvalue weighted by Crippen LogP contribution is 2.16. The Bertz CT molecular complexity index is 456. The Morgan fingerprint density at radius 2 is 2.05 bits per heavy atom. The molecule has 2 rings (SSSR count). The maximum atomic E-state index is 12.6. The van der Waals surface area contributed by atoms with E-state index in [9.17, 15) is 9.90 Å². The molecule has 1 aromatic rings. The van der Waals surface area contributed by atoms with Crippen molar-refractivity contribution >= 4 is 5.91 Å². The molecule has 0 aliphatic carbocycles. The molecule has 20 heavy (non-hydrogen) atoms. The van der Waals surface area contributed by atoms with Gasteiger partial charge >= 0.3 is 0 Å². The maximum Gasteiger partial charge on any atom is 0.254 e. The Labute approximate surface area is 120 Å². The molecule has 4 nitrogen and oxygen atoms in total. The number of hydrogen-bond donors (Lipinski definition) is 2. The first-order valence-electron chi connectivity index (χ1n) is 7.24. The quantitative estimate of drug-likeness (QED) is 0.878. The summed E-state index contributed by atoms with van der Waals surface area (Å²) in [5, 5.41) is 12.9. The van der Waals surface area contributed by atoms with Crippen LogP contribution in [0.5, 0.6) is 0 Å². The van der Waals surface area contributed by atoms with E-state index in [4.69, 9.17) is 0 Å². The summed E-state index contributed by atoms with van der Waals surface area (Å²) in [6.07, 6.45) is 0. The van der Waals surface area contributed by atoms with Gasteiger partial charge in [-0.1, -0.05) is 31.5 Å². The normalized spacial score (nSPS) is 23.1. The second-order valence-corrected chi connectivity index (χ2v) is 5.92. The van der Waals surface area contributed by atoms with Crippen LogP contribution in [0.3, 0.4) is 0 Å². The number of aliphatic hydroxyl groups is 1. The molecule has 1 amide bonds. The summed E-state index contributed by atoms with van der Waals surface area (Å²) >= 11 is 0. The fourth-order valence-electron chi connectivity index (χ4n) is 2.54. The van der Waals surface area contributed by atoms with E-state index < -0.39 is 0 Å². The first kappa shape index (κ1) is 15.0. The lowest BCUT2D eigenvalue weighted by atomic mass is 9.98. The second-order valence-electron chi connectivity index (χ2n) is 5.92. The van der Waals surface area contributed by atoms with Crippen molar-refractivity contribution in [3.63, 3.8) is 0 Å². The average molecular weight is 276 g/mol. The molecule has 0 radical (unpaired) electrons. The highest BCUT2D eigenvalue weighted by molar-refractivity contribution is 5.94. The minimum Gasteiger partial charge on any atom is -0.394 e. The third-order valence-corrected chi connectivity index (χ3v) is 4.02. The van der Waals surface area contributed by atoms with Gasteiger partial charge in [-0.2, -0.15) is 0 Å². The fraction of sp³-hybridized carbons (Fsp3) is 0.562. The number of nitrogens with zero attached hydrogens (tertiary/aromatic N) is 1. The molecule has 1 fully saturated rings. The van der Waals surface area contributed by atoms with Crippen LogP contribution in [-0.4, -0.2) is 47.7 Å². The molecule has 4 heteroatoms. The molecular weight excluding hydrogens is 252 g/mol. The Kier molecular flexibility index (Phi) is 4.78. The van der Waals surface area contributed by atoms with Gasteiger partial charge in [0.25, 0.3) is 5.91 Å². The highest BCUT2D eigenvalue weighted by Gasteiger charge is 2.32. The topological polar surface area (TPSA) is 52.6 Å². The molecule has 1 heterocycles. The van der Waals surface area contributed by atoms with Crippen molar-refractivity contribution in [3.05, 3.63) is 35.4 Å². The van der Waals surface area contributed by atoms with Crippen LogP contribution in [0.4, 0.5) is 0 Å². The number of benzene rings is 1. The van der Waals surface area contributed by atoms with Crippen LogP contribution in [0.15, 0.2) is 24.3 Å². The van der Waals surface area contributed by atoms with Gasteiger partial charge in [0.2, 0.25) is 0 Å². The summed E-state index contributed by atoms with van der Waals surface area (Å²) in [6.45, 7) is 7.59. The number of hydrogen-bond acceptors (Lipinski definition) is 3. The Morgan fingerprint density at radius 3 is 2.60 bits per heavy atom. The number of carbonyl (C=O) groups excluding carboxylic acids is 1. The molecule has 2 atom stereocenters. The minimum absolute atomic E-state index is 0.00455. The summed E-state index contributed by atoms with van der Waals surface area (Å²) in [4.78, 5) is 14.4. The lowest BCUT2D eigenvalue weighted by Crippen LogP contribution is -2.60. The van der Waals surface area contributed by atoms with Gasteiger partial charge < -0.3 is 15.3 Å². The van der Waals surface area contributed by atoms with Crippen molar-refractivity contribution in [1.29, 1.82) is 0 Å². The van der Waals surface area contributed by atoms with E-state index in [1.54, 1.807) is 0 Å². The Morgan fingerprint density at radius 1 is 1.40 bits per heavy atom. The van der Waals surface area contributed by atoms with E-state index in [1.807, 2.05) is 36.1 Å². The number of aliphatic hydroxyl groups excluding tert-OH is 1. The number of carbonyl (C=O) groups is 1. The average Bonchev–Trinajstić information content (AvgIpc) is 2.46. The molecule has 0 bridgehead atoms. The predicted octanol–water partition coefficient (Wildman–Crippen LogP) is 1.43. The summed E-state index contributed by atoms with van der Waals surface area (Å²) in [7, 11) is 0. The zero-order valence-corrected chi connectivity index (χ0v) is 12.5. The van der Waals surface area contributed by atoms with E-state index in [0.29, 0.717) is 24.6 Å². The van der Waals surface area contributed by atoms with Gasteiger partial charge in [0.15, 0.2) is 0 Å². The standard InChI is InChI=1S/C16H24N2O2/c1-11(2)15-9-18(14(10-19)8-17-15)16(20)13-6-4-12(3)5-7-13/h4-7,11,14-15,17,19H,8-10H2,1-3H3. The second kappa shape index (κ2) is 6.37. The van der Waals surface area contributed by atoms with Gasteiger partial charge in [-0.05, 0) is 25.0 Å². The monoisotopic (exact) mass is 276 g/mol. The number of aryl methyl sites for hydroxylation is 1. The van der Waals surface area contributed by atoms with Crippen molar-refractivity contribution in [2.24, 2.45) is 5.92 Å². The van der Waals surface area contributed by atoms with Crippen molar-refractivity contribution in [1.82, 2.24) is 10.2 Å². The summed E-state index contributed by atoms with van der Waals surface area (Å²) in [6, 6.07) is 7.76. The predicted molar refractivity (Wildman–Crippen MR) is 79.7 cm³/mol. The Balaban J connectivity index is 2.17. The van der Waals surface area contributed by atoms with E-state index >= 15 is 0 Å². The first-order chi connectivity index (χ1) is 9.52. The minimum atomic E-state index is -0.140. The van der Waals surface area contributed by atoms with Gasteiger partial charge in [-0.25, -0.2) is 0 Å². The lowest BCUT2D eigenvalue weighted by molar-refractivity contribution is 0.0434. The van der Waals surface area contributed by atoms with Crippen molar-refractivity contribution in [3.8, 4) is 0 Å². The number of rotatable bonds is 3. The zero-order chi connectivity index (χ0) is 14.7. The third-order valence-electron chi connectivity index (χ3n) is 4.02. The van der Waals surface area contributed by atoms with E-state index in [1.165, 1.54) is 0 Å². The molecular formula is C16H24N2O2. The van der Waals surface area contributed by atoms with E-state index in [0.717, 1.165) is 5.56 Å². The molecule has 1 saturated heterocycles. The summed E-state index contributed by atoms with van der Waals surface area (Å²) in [5.74, 6) is 0.471. The van der Waals surface area contributed by atoms with E-state index in [2.05, 4.69) is 19.2 Å². The van der Waals surface area contributed by atoms with Crippen molar-refractivity contribution in [2.45, 2.75) is 32.9 Å². The van der Waals surface area contributed by atoms with Crippen LogP contribution < -0.4 is 5.32 Å². The molecule has 0 saturated carbocycles.